The number of nitrogens with one attached hydrogen (secondary N) is 1. The number of aliphatic hydroxyl groups excluding tert-OH is 1. The zero-order valence-electron chi connectivity index (χ0n) is 20.3. The summed E-state index contributed by atoms with van der Waals surface area (Å²) in [5.74, 6) is 0.430. The van der Waals surface area contributed by atoms with Crippen molar-refractivity contribution in [1.82, 2.24) is 9.80 Å². The van der Waals surface area contributed by atoms with Gasteiger partial charge in [0.25, 0.3) is 0 Å². The summed E-state index contributed by atoms with van der Waals surface area (Å²) in [6, 6.07) is 14.9. The molecular weight excluding hydrogens is 454 g/mol. The van der Waals surface area contributed by atoms with E-state index in [2.05, 4.69) is 28.7 Å². The Morgan fingerprint density at radius 3 is 2.59 bits per heavy atom. The van der Waals surface area contributed by atoms with Crippen LogP contribution in [0, 0.1) is 5.92 Å². The average molecular weight is 490 g/mol. The second-order valence-electron chi connectivity index (χ2n) is 9.27. The number of ether oxygens (including phenoxy) is 1. The van der Waals surface area contributed by atoms with Crippen molar-refractivity contribution >= 4 is 21.6 Å². The first-order chi connectivity index (χ1) is 16.1. The van der Waals surface area contributed by atoms with Gasteiger partial charge in [-0.3, -0.25) is 14.4 Å². The fraction of sp³-hybridized carbons (Fsp3) is 0.480. The summed E-state index contributed by atoms with van der Waals surface area (Å²) in [5.41, 5.74) is 2.19. The molecule has 2 aromatic rings. The Labute approximate surface area is 202 Å². The zero-order chi connectivity index (χ0) is 24.9. The lowest BCUT2D eigenvalue weighted by Crippen LogP contribution is -2.47. The van der Waals surface area contributed by atoms with Gasteiger partial charge in [0.1, 0.15) is 11.9 Å². The van der Waals surface area contributed by atoms with Crippen molar-refractivity contribution in [2.75, 3.05) is 37.7 Å². The van der Waals surface area contributed by atoms with Crippen LogP contribution in [-0.4, -0.2) is 74.4 Å². The van der Waals surface area contributed by atoms with Crippen LogP contribution in [-0.2, 0) is 27.8 Å². The summed E-state index contributed by atoms with van der Waals surface area (Å²) in [7, 11) is -1.42. The number of nitrogens with zero attached hydrogens (tertiary/aromatic N) is 2. The van der Waals surface area contributed by atoms with Gasteiger partial charge in [0.05, 0.1) is 25.3 Å². The van der Waals surface area contributed by atoms with Gasteiger partial charge in [-0.05, 0) is 37.7 Å². The Balaban J connectivity index is 1.91. The average Bonchev–Trinajstić information content (AvgIpc) is 2.81. The molecule has 0 spiro atoms. The third kappa shape index (κ3) is 7.19. The highest BCUT2D eigenvalue weighted by atomic mass is 32.2. The highest BCUT2D eigenvalue weighted by Crippen LogP contribution is 2.29. The molecule has 1 heterocycles. The van der Waals surface area contributed by atoms with Crippen LogP contribution in [0.1, 0.15) is 25.0 Å². The Morgan fingerprint density at radius 2 is 1.94 bits per heavy atom. The second-order valence-corrected chi connectivity index (χ2v) is 11.0. The van der Waals surface area contributed by atoms with Crippen molar-refractivity contribution in [3.8, 4) is 5.75 Å². The van der Waals surface area contributed by atoms with Crippen LogP contribution in [0.25, 0.3) is 0 Å². The summed E-state index contributed by atoms with van der Waals surface area (Å²) in [5, 5.41) is 9.76. The van der Waals surface area contributed by atoms with Crippen LogP contribution in [0.4, 0.5) is 5.69 Å². The standard InChI is InChI=1S/C25H35N3O5S/c1-18-14-28(19(2)17-29)25(30)13-21-12-22(26-34(4,31)32)10-11-23(21)33-24(18)16-27(3)15-20-8-6-5-7-9-20/h5-12,18-19,24,26,29H,13-17H2,1-4H3/t18-,19-,24+/m1/s1. The summed E-state index contributed by atoms with van der Waals surface area (Å²) in [4.78, 5) is 17.1. The van der Waals surface area contributed by atoms with E-state index in [0.717, 1.165) is 12.8 Å². The molecule has 0 aromatic heterocycles. The number of carbonyl (C=O) groups is 1. The minimum Gasteiger partial charge on any atom is -0.488 e. The molecule has 0 saturated heterocycles. The number of likely N-dealkylation sites (N-methyl/N-ethyl adjacent to an activating group) is 1. The number of amides is 1. The van der Waals surface area contributed by atoms with Crippen LogP contribution in [0.15, 0.2) is 48.5 Å². The van der Waals surface area contributed by atoms with E-state index in [1.165, 1.54) is 5.56 Å². The van der Waals surface area contributed by atoms with Crippen molar-refractivity contribution in [3.63, 3.8) is 0 Å². The largest absolute Gasteiger partial charge is 0.488 e. The molecule has 2 N–H and O–H groups in total. The number of benzene rings is 2. The Hall–Kier alpha value is -2.62. The normalized spacial score (nSPS) is 20.1. The second kappa shape index (κ2) is 11.2. The minimum atomic E-state index is -3.46. The van der Waals surface area contributed by atoms with Crippen LogP contribution < -0.4 is 9.46 Å². The molecule has 0 fully saturated rings. The first kappa shape index (κ1) is 26.0. The van der Waals surface area contributed by atoms with Crippen LogP contribution in [0.2, 0.25) is 0 Å². The van der Waals surface area contributed by atoms with E-state index in [1.807, 2.05) is 32.2 Å². The number of anilines is 1. The molecule has 1 amide bonds. The highest BCUT2D eigenvalue weighted by molar-refractivity contribution is 7.92. The lowest BCUT2D eigenvalue weighted by Gasteiger charge is -2.34. The number of hydrogen-bond acceptors (Lipinski definition) is 6. The molecule has 9 heteroatoms. The topological polar surface area (TPSA) is 99.2 Å². The molecule has 2 aromatic carbocycles. The number of sulfonamides is 1. The van der Waals surface area contributed by atoms with Gasteiger partial charge in [-0.1, -0.05) is 37.3 Å². The lowest BCUT2D eigenvalue weighted by atomic mass is 10.0. The number of carbonyl (C=O) groups excluding carboxylic acids is 1. The number of fused-ring (bicyclic) bond motifs is 1. The Bertz CT molecular complexity index is 1080. The lowest BCUT2D eigenvalue weighted by molar-refractivity contribution is -0.134. The smallest absolute Gasteiger partial charge is 0.229 e. The first-order valence-electron chi connectivity index (χ1n) is 11.5. The quantitative estimate of drug-likeness (QED) is 0.591. The monoisotopic (exact) mass is 489 g/mol. The van der Waals surface area contributed by atoms with Crippen LogP contribution >= 0.6 is 0 Å². The predicted molar refractivity (Wildman–Crippen MR) is 133 cm³/mol. The minimum absolute atomic E-state index is 0.00376. The first-order valence-corrected chi connectivity index (χ1v) is 13.3. The van der Waals surface area contributed by atoms with Crippen molar-refractivity contribution in [2.24, 2.45) is 5.92 Å². The number of rotatable bonds is 8. The van der Waals surface area contributed by atoms with Crippen LogP contribution in [0.3, 0.4) is 0 Å². The molecule has 8 nitrogen and oxygen atoms in total. The number of aliphatic hydroxyl groups is 1. The maximum absolute atomic E-state index is 13.2. The van der Waals surface area contributed by atoms with Crippen molar-refractivity contribution in [2.45, 2.75) is 39.0 Å². The van der Waals surface area contributed by atoms with E-state index in [1.54, 1.807) is 23.1 Å². The van der Waals surface area contributed by atoms with Gasteiger partial charge in [-0.25, -0.2) is 8.42 Å². The number of hydrogen-bond donors (Lipinski definition) is 2. The van der Waals surface area contributed by atoms with Crippen molar-refractivity contribution in [3.05, 3.63) is 59.7 Å². The van der Waals surface area contributed by atoms with Gasteiger partial charge in [0.15, 0.2) is 0 Å². The summed E-state index contributed by atoms with van der Waals surface area (Å²) >= 11 is 0. The van der Waals surface area contributed by atoms with Gasteiger partial charge in [0, 0.05) is 36.8 Å². The predicted octanol–water partition coefficient (Wildman–Crippen LogP) is 2.34. The van der Waals surface area contributed by atoms with Crippen LogP contribution in [0.5, 0.6) is 5.75 Å². The summed E-state index contributed by atoms with van der Waals surface area (Å²) in [6.07, 6.45) is 0.917. The molecule has 0 unspecified atom stereocenters. The molecule has 0 radical (unpaired) electrons. The van der Waals surface area contributed by atoms with Gasteiger partial charge in [0.2, 0.25) is 15.9 Å². The molecule has 0 bridgehead atoms. The molecule has 1 aliphatic rings. The van der Waals surface area contributed by atoms with E-state index >= 15 is 0 Å². The summed E-state index contributed by atoms with van der Waals surface area (Å²) in [6.45, 7) is 5.58. The molecule has 34 heavy (non-hydrogen) atoms. The highest BCUT2D eigenvalue weighted by Gasteiger charge is 2.31. The van der Waals surface area contributed by atoms with E-state index in [9.17, 15) is 18.3 Å². The summed E-state index contributed by atoms with van der Waals surface area (Å²) < 4.78 is 32.4. The molecule has 3 rings (SSSR count). The van der Waals surface area contributed by atoms with Gasteiger partial charge < -0.3 is 14.7 Å². The van der Waals surface area contributed by atoms with E-state index < -0.39 is 10.0 Å². The molecule has 0 aliphatic carbocycles. The van der Waals surface area contributed by atoms with E-state index in [-0.39, 0.29) is 37.0 Å². The fourth-order valence-electron chi connectivity index (χ4n) is 4.19. The maximum atomic E-state index is 13.2. The molecule has 1 aliphatic heterocycles. The van der Waals surface area contributed by atoms with E-state index in [0.29, 0.717) is 30.1 Å². The third-order valence-electron chi connectivity index (χ3n) is 6.01. The SMILES string of the molecule is C[C@@H]1CN([C@H](C)CO)C(=O)Cc2cc(NS(C)(=O)=O)ccc2O[C@H]1CN(C)Cc1ccccc1. The van der Waals surface area contributed by atoms with E-state index in [4.69, 9.17) is 4.74 Å². The molecule has 3 atom stereocenters. The Kier molecular flexibility index (Phi) is 8.57. The molecular formula is C25H35N3O5S. The maximum Gasteiger partial charge on any atom is 0.229 e. The van der Waals surface area contributed by atoms with Gasteiger partial charge >= 0.3 is 0 Å². The zero-order valence-corrected chi connectivity index (χ0v) is 21.1. The van der Waals surface area contributed by atoms with Crippen molar-refractivity contribution in [1.29, 1.82) is 0 Å². The molecule has 186 valence electrons. The van der Waals surface area contributed by atoms with Crippen molar-refractivity contribution < 1.29 is 23.1 Å². The van der Waals surface area contributed by atoms with Gasteiger partial charge in [-0.15, -0.1) is 0 Å². The Morgan fingerprint density at radius 1 is 1.24 bits per heavy atom. The fourth-order valence-corrected chi connectivity index (χ4v) is 4.75. The van der Waals surface area contributed by atoms with Gasteiger partial charge in [-0.2, -0.15) is 0 Å². The third-order valence-corrected chi connectivity index (χ3v) is 6.61. The molecule has 0 saturated carbocycles.